The molecule has 0 saturated heterocycles. The number of benzene rings is 4. The molecule has 0 amide bonds. The maximum atomic E-state index is 4.95. The van der Waals surface area contributed by atoms with E-state index >= 15 is 0 Å². The Morgan fingerprint density at radius 3 is 1.02 bits per heavy atom. The summed E-state index contributed by atoms with van der Waals surface area (Å²) in [5.41, 5.74) is 6.96. The molecular formula is C42H18N14S4. The van der Waals surface area contributed by atoms with E-state index in [2.05, 4.69) is 136 Å². The average Bonchev–Trinajstić information content (AvgIpc) is 4.11. The third kappa shape index (κ3) is 3.50. The van der Waals surface area contributed by atoms with Crippen molar-refractivity contribution in [2.75, 3.05) is 0 Å². The summed E-state index contributed by atoms with van der Waals surface area (Å²) in [6, 6.07) is 34.0. The van der Waals surface area contributed by atoms with E-state index in [1.165, 1.54) is 22.7 Å². The van der Waals surface area contributed by atoms with E-state index in [-0.39, 0.29) is 0 Å². The second kappa shape index (κ2) is 10.4. The highest BCUT2D eigenvalue weighted by molar-refractivity contribution is 7.24. The van der Waals surface area contributed by atoms with Crippen LogP contribution in [0.5, 0.6) is 0 Å². The fourth-order valence-corrected chi connectivity index (χ4v) is 13.1. The van der Waals surface area contributed by atoms with E-state index in [1.54, 1.807) is 22.7 Å². The van der Waals surface area contributed by atoms with Crippen molar-refractivity contribution in [3.05, 3.63) is 109 Å². The Kier molecular flexibility index (Phi) is 5.33. The van der Waals surface area contributed by atoms with Gasteiger partial charge in [0, 0.05) is 60.9 Å². The molecule has 12 heterocycles. The normalized spacial score (nSPS) is 13.0. The van der Waals surface area contributed by atoms with Gasteiger partial charge < -0.3 is 0 Å². The molecule has 0 radical (unpaired) electrons. The summed E-state index contributed by atoms with van der Waals surface area (Å²) in [5, 5.41) is 49.0. The van der Waals surface area contributed by atoms with Crippen LogP contribution in [0.1, 0.15) is 0 Å². The van der Waals surface area contributed by atoms with Crippen molar-refractivity contribution in [3.8, 4) is 0 Å². The Morgan fingerprint density at radius 1 is 0.300 bits per heavy atom. The molecule has 14 nitrogen and oxygen atoms in total. The minimum Gasteiger partial charge on any atom is -0.276 e. The highest BCUT2D eigenvalue weighted by Gasteiger charge is 2.25. The third-order valence-corrected chi connectivity index (χ3v) is 15.7. The molecule has 0 saturated carbocycles. The zero-order chi connectivity index (χ0) is 38.5. The predicted octanol–water partition coefficient (Wildman–Crippen LogP) is 10.1. The molecule has 8 bridgehead atoms. The van der Waals surface area contributed by atoms with Crippen LogP contribution in [-0.2, 0) is 0 Å². The molecule has 0 aliphatic heterocycles. The first-order valence-electron chi connectivity index (χ1n) is 19.0. The molecule has 0 atom stereocenters. The standard InChI is InChI=1S/C42H18N14S4/c1-5-13-25-19(9-1)29-20-10-2-6-14-26(20)54-35(29)53(25)39-47-43-32(57-39)23-17-51-34-31(23)24(33-44-48-40(54)58-33)18-52(34)38-46-50-42(60-38)56-28-16-8-4-12-22(28)30-21-11-3-7-15-27(21)55(36(30)56)41-49-45-37(51)59-41/h1-18H. The van der Waals surface area contributed by atoms with Crippen LogP contribution in [0.3, 0.4) is 0 Å². The fraction of sp³-hybridized carbons (Fsp3) is 0. The van der Waals surface area contributed by atoms with Crippen molar-refractivity contribution in [3.63, 3.8) is 0 Å². The van der Waals surface area contributed by atoms with Crippen molar-refractivity contribution in [1.82, 2.24) is 67.2 Å². The van der Waals surface area contributed by atoms with Gasteiger partial charge in [0.2, 0.25) is 29.8 Å². The third-order valence-electron chi connectivity index (χ3n) is 12.0. The molecule has 0 fully saturated rings. The van der Waals surface area contributed by atoms with Gasteiger partial charge in [0.1, 0.15) is 16.9 Å². The van der Waals surface area contributed by atoms with Gasteiger partial charge in [0.15, 0.2) is 9.66 Å². The van der Waals surface area contributed by atoms with E-state index in [4.69, 9.17) is 40.8 Å². The van der Waals surface area contributed by atoms with Crippen LogP contribution in [0.25, 0.3) is 127 Å². The summed E-state index contributed by atoms with van der Waals surface area (Å²) < 4.78 is 13.1. The Morgan fingerprint density at radius 2 is 0.617 bits per heavy atom. The molecule has 0 aliphatic carbocycles. The fourth-order valence-electron chi connectivity index (χ4n) is 9.66. The number of aromatic nitrogens is 14. The van der Waals surface area contributed by atoms with Gasteiger partial charge in [-0.3, -0.25) is 26.4 Å². The lowest BCUT2D eigenvalue weighted by atomic mass is 10.1. The van der Waals surface area contributed by atoms with Gasteiger partial charge in [0.05, 0.1) is 22.1 Å². The number of hydrogen-bond acceptors (Lipinski definition) is 12. The molecule has 12 aromatic heterocycles. The zero-order valence-corrected chi connectivity index (χ0v) is 33.6. The largest absolute Gasteiger partial charge is 0.276 e. The van der Waals surface area contributed by atoms with Crippen molar-refractivity contribution in [1.29, 1.82) is 0 Å². The lowest BCUT2D eigenvalue weighted by Gasteiger charge is -1.99. The van der Waals surface area contributed by atoms with E-state index in [0.29, 0.717) is 9.92 Å². The van der Waals surface area contributed by atoms with Crippen molar-refractivity contribution >= 4 is 172 Å². The zero-order valence-electron chi connectivity index (χ0n) is 30.3. The van der Waals surface area contributed by atoms with Crippen LogP contribution < -0.4 is 0 Å². The Hall–Kier alpha value is -7.38. The minimum absolute atomic E-state index is 0.693. The first kappa shape index (κ1) is 30.7. The molecule has 0 N–H and O–H groups in total. The van der Waals surface area contributed by atoms with Gasteiger partial charge in [-0.1, -0.05) is 118 Å². The Labute approximate surface area is 347 Å². The SMILES string of the molecule is c1ccc2c(c1)c1c3ccccc3n3c4nnc(s4)c4cn5c6nnc(s6)n6c7ccccc7c7c8ccccc8n(c8nnc(s8)n8cc(c9nnc(s9)n2c13)c4c85)c76. The molecular weight excluding hydrogens is 829 g/mol. The van der Waals surface area contributed by atoms with Gasteiger partial charge in [-0.25, -0.2) is 0 Å². The van der Waals surface area contributed by atoms with Gasteiger partial charge in [-0.05, 0) is 24.3 Å². The predicted molar refractivity (Wildman–Crippen MR) is 241 cm³/mol. The van der Waals surface area contributed by atoms with E-state index in [0.717, 1.165) is 117 Å². The first-order valence-corrected chi connectivity index (χ1v) is 22.2. The molecule has 0 unspecified atom stereocenters. The lowest BCUT2D eigenvalue weighted by Crippen LogP contribution is -1.91. The van der Waals surface area contributed by atoms with Gasteiger partial charge in [0.25, 0.3) is 0 Å². The second-order valence-electron chi connectivity index (χ2n) is 14.8. The quantitative estimate of drug-likeness (QED) is 0.148. The second-order valence-corrected chi connectivity index (χ2v) is 18.6. The molecule has 0 spiro atoms. The van der Waals surface area contributed by atoms with Gasteiger partial charge >= 0.3 is 0 Å². The van der Waals surface area contributed by atoms with Crippen LogP contribution in [0.2, 0.25) is 0 Å². The van der Waals surface area contributed by atoms with Crippen LogP contribution in [0, 0.1) is 0 Å². The van der Waals surface area contributed by atoms with E-state index in [9.17, 15) is 0 Å². The monoisotopic (exact) mass is 846 g/mol. The molecule has 18 heteroatoms. The maximum Gasteiger partial charge on any atom is 0.220 e. The lowest BCUT2D eigenvalue weighted by molar-refractivity contribution is 1.03. The highest BCUT2D eigenvalue weighted by Crippen LogP contribution is 2.43. The van der Waals surface area contributed by atoms with Crippen molar-refractivity contribution in [2.24, 2.45) is 0 Å². The molecule has 4 aromatic carbocycles. The number of fused-ring (bicyclic) bond motifs is 28. The first-order chi connectivity index (χ1) is 29.8. The average molecular weight is 847 g/mol. The van der Waals surface area contributed by atoms with Gasteiger partial charge in [-0.2, -0.15) is 0 Å². The topological polar surface area (TPSA) is 130 Å². The number of para-hydroxylation sites is 4. The van der Waals surface area contributed by atoms with E-state index < -0.39 is 0 Å². The minimum atomic E-state index is 0.693. The molecule has 16 aromatic rings. The number of rotatable bonds is 0. The molecule has 280 valence electrons. The summed E-state index contributed by atoms with van der Waals surface area (Å²) >= 11 is 6.17. The summed E-state index contributed by atoms with van der Waals surface area (Å²) in [6.07, 6.45) is 4.22. The van der Waals surface area contributed by atoms with Crippen LogP contribution in [0.15, 0.2) is 109 Å². The van der Waals surface area contributed by atoms with Gasteiger partial charge in [-0.15, -0.1) is 40.8 Å². The molecule has 60 heavy (non-hydrogen) atoms. The maximum absolute atomic E-state index is 4.95. The van der Waals surface area contributed by atoms with Crippen LogP contribution in [-0.4, -0.2) is 67.2 Å². The van der Waals surface area contributed by atoms with E-state index in [1.807, 2.05) is 0 Å². The Bertz CT molecular complexity index is 4110. The van der Waals surface area contributed by atoms with Crippen LogP contribution in [0.4, 0.5) is 0 Å². The number of nitrogens with zero attached hydrogens (tertiary/aromatic N) is 14. The molecule has 16 rings (SSSR count). The molecule has 0 aliphatic rings. The summed E-state index contributed by atoms with van der Waals surface area (Å²) in [6.45, 7) is 0. The van der Waals surface area contributed by atoms with Crippen LogP contribution >= 0.6 is 45.3 Å². The van der Waals surface area contributed by atoms with Crippen molar-refractivity contribution < 1.29 is 0 Å². The Balaban J connectivity index is 1.18. The smallest absolute Gasteiger partial charge is 0.220 e. The summed E-state index contributed by atoms with van der Waals surface area (Å²) in [7, 11) is 0. The summed E-state index contributed by atoms with van der Waals surface area (Å²) in [5.74, 6) is 0. The summed E-state index contributed by atoms with van der Waals surface area (Å²) in [4.78, 5) is 5.90. The van der Waals surface area contributed by atoms with Crippen molar-refractivity contribution in [2.45, 2.75) is 0 Å². The highest BCUT2D eigenvalue weighted by atomic mass is 32.1. The number of hydrogen-bond donors (Lipinski definition) is 0.